The summed E-state index contributed by atoms with van der Waals surface area (Å²) >= 11 is 5.83. The molecule has 0 aromatic heterocycles. The molecule has 27 heavy (non-hydrogen) atoms. The first-order valence-corrected chi connectivity index (χ1v) is 8.85. The SMILES string of the molecule is O=C(N[C@@H](Cc1ccccc1-c1ccccc1)C(=O)O)c1ccc(Cl)cc1. The maximum Gasteiger partial charge on any atom is 0.326 e. The first-order valence-electron chi connectivity index (χ1n) is 8.47. The van der Waals surface area contributed by atoms with Crippen LogP contribution in [0.25, 0.3) is 11.1 Å². The molecule has 1 atom stereocenters. The van der Waals surface area contributed by atoms with Gasteiger partial charge in [-0.25, -0.2) is 4.79 Å². The van der Waals surface area contributed by atoms with Crippen molar-refractivity contribution in [2.75, 3.05) is 0 Å². The highest BCUT2D eigenvalue weighted by atomic mass is 35.5. The smallest absolute Gasteiger partial charge is 0.326 e. The lowest BCUT2D eigenvalue weighted by Gasteiger charge is -2.17. The fourth-order valence-corrected chi connectivity index (χ4v) is 2.99. The van der Waals surface area contributed by atoms with E-state index in [1.165, 1.54) is 0 Å². The monoisotopic (exact) mass is 379 g/mol. The zero-order chi connectivity index (χ0) is 19.2. The van der Waals surface area contributed by atoms with Gasteiger partial charge < -0.3 is 10.4 Å². The summed E-state index contributed by atoms with van der Waals surface area (Å²) in [7, 11) is 0. The van der Waals surface area contributed by atoms with Gasteiger partial charge in [0.1, 0.15) is 6.04 Å². The first-order chi connectivity index (χ1) is 13.0. The predicted octanol–water partition coefficient (Wildman–Crippen LogP) is 4.43. The second kappa shape index (κ2) is 8.52. The average Bonchev–Trinajstić information content (AvgIpc) is 2.69. The maximum absolute atomic E-state index is 12.4. The van der Waals surface area contributed by atoms with E-state index in [1.54, 1.807) is 24.3 Å². The molecule has 0 heterocycles. The lowest BCUT2D eigenvalue weighted by molar-refractivity contribution is -0.139. The van der Waals surface area contributed by atoms with Gasteiger partial charge in [-0.1, -0.05) is 66.2 Å². The van der Waals surface area contributed by atoms with E-state index in [-0.39, 0.29) is 6.42 Å². The van der Waals surface area contributed by atoms with Gasteiger partial charge in [-0.3, -0.25) is 4.79 Å². The Bertz CT molecular complexity index is 939. The molecule has 3 rings (SSSR count). The molecule has 136 valence electrons. The average molecular weight is 380 g/mol. The summed E-state index contributed by atoms with van der Waals surface area (Å²) in [5.41, 5.74) is 3.17. The van der Waals surface area contributed by atoms with Crippen molar-refractivity contribution in [3.63, 3.8) is 0 Å². The molecule has 4 nitrogen and oxygen atoms in total. The molecule has 0 aliphatic carbocycles. The van der Waals surface area contributed by atoms with Gasteiger partial charge in [0.25, 0.3) is 5.91 Å². The summed E-state index contributed by atoms with van der Waals surface area (Å²) in [5.74, 6) is -1.53. The highest BCUT2D eigenvalue weighted by molar-refractivity contribution is 6.30. The first kappa shape index (κ1) is 18.7. The second-order valence-corrected chi connectivity index (χ2v) is 6.53. The lowest BCUT2D eigenvalue weighted by atomic mass is 9.95. The van der Waals surface area contributed by atoms with Crippen LogP contribution in [0.2, 0.25) is 5.02 Å². The van der Waals surface area contributed by atoms with Gasteiger partial charge in [0, 0.05) is 17.0 Å². The Morgan fingerprint density at radius 2 is 1.52 bits per heavy atom. The summed E-state index contributed by atoms with van der Waals surface area (Å²) < 4.78 is 0. The third kappa shape index (κ3) is 4.74. The maximum atomic E-state index is 12.4. The largest absolute Gasteiger partial charge is 0.480 e. The Labute approximate surface area is 162 Å². The normalized spacial score (nSPS) is 11.6. The molecule has 0 saturated carbocycles. The number of hydrogen-bond donors (Lipinski definition) is 2. The quantitative estimate of drug-likeness (QED) is 0.665. The fourth-order valence-electron chi connectivity index (χ4n) is 2.86. The summed E-state index contributed by atoms with van der Waals surface area (Å²) in [4.78, 5) is 24.1. The van der Waals surface area contributed by atoms with E-state index < -0.39 is 17.9 Å². The molecule has 0 aliphatic heterocycles. The van der Waals surface area contributed by atoms with Crippen LogP contribution < -0.4 is 5.32 Å². The van der Waals surface area contributed by atoms with Crippen molar-refractivity contribution in [2.45, 2.75) is 12.5 Å². The Balaban J connectivity index is 1.82. The predicted molar refractivity (Wildman–Crippen MR) is 106 cm³/mol. The molecule has 1 amide bonds. The number of nitrogens with one attached hydrogen (secondary N) is 1. The van der Waals surface area contributed by atoms with E-state index in [0.717, 1.165) is 16.7 Å². The molecule has 0 radical (unpaired) electrons. The third-order valence-electron chi connectivity index (χ3n) is 4.24. The Morgan fingerprint density at radius 1 is 0.889 bits per heavy atom. The number of amides is 1. The van der Waals surface area contributed by atoms with Crippen LogP contribution in [0.5, 0.6) is 0 Å². The summed E-state index contributed by atoms with van der Waals surface area (Å²) in [6, 6.07) is 22.6. The van der Waals surface area contributed by atoms with Gasteiger partial charge in [-0.15, -0.1) is 0 Å². The van der Waals surface area contributed by atoms with Crippen LogP contribution in [0.4, 0.5) is 0 Å². The van der Waals surface area contributed by atoms with Crippen molar-refractivity contribution in [1.29, 1.82) is 0 Å². The Hall–Kier alpha value is -3.11. The standard InChI is InChI=1S/C22H18ClNO3/c23-18-12-10-16(11-13-18)21(25)24-20(22(26)27)14-17-8-4-5-9-19(17)15-6-2-1-3-7-15/h1-13,20H,14H2,(H,24,25)(H,26,27)/t20-/m0/s1. The number of carbonyl (C=O) groups is 2. The summed E-state index contributed by atoms with van der Waals surface area (Å²) in [5, 5.41) is 12.7. The molecule has 0 unspecified atom stereocenters. The zero-order valence-corrected chi connectivity index (χ0v) is 15.2. The van der Waals surface area contributed by atoms with Crippen molar-refractivity contribution >= 4 is 23.5 Å². The van der Waals surface area contributed by atoms with Crippen molar-refractivity contribution < 1.29 is 14.7 Å². The van der Waals surface area contributed by atoms with Crippen molar-refractivity contribution in [3.8, 4) is 11.1 Å². The van der Waals surface area contributed by atoms with Gasteiger partial charge in [0.15, 0.2) is 0 Å². The number of benzene rings is 3. The Morgan fingerprint density at radius 3 is 2.19 bits per heavy atom. The van der Waals surface area contributed by atoms with E-state index in [2.05, 4.69) is 5.32 Å². The molecule has 3 aromatic carbocycles. The number of carboxylic acids is 1. The molecule has 3 aromatic rings. The van der Waals surface area contributed by atoms with Crippen LogP contribution in [0.15, 0.2) is 78.9 Å². The molecule has 0 saturated heterocycles. The number of aliphatic carboxylic acids is 1. The highest BCUT2D eigenvalue weighted by Gasteiger charge is 2.22. The van der Waals surface area contributed by atoms with E-state index >= 15 is 0 Å². The molecule has 0 aliphatic rings. The molecular formula is C22H18ClNO3. The summed E-state index contributed by atoms with van der Waals surface area (Å²) in [6.07, 6.45) is 0.180. The topological polar surface area (TPSA) is 66.4 Å². The zero-order valence-electron chi connectivity index (χ0n) is 14.4. The molecule has 0 spiro atoms. The van der Waals surface area contributed by atoms with Crippen LogP contribution in [0.3, 0.4) is 0 Å². The van der Waals surface area contributed by atoms with Gasteiger partial charge in [0.05, 0.1) is 0 Å². The number of hydrogen-bond acceptors (Lipinski definition) is 2. The van der Waals surface area contributed by atoms with Crippen molar-refractivity contribution in [3.05, 3.63) is 95.0 Å². The van der Waals surface area contributed by atoms with Crippen LogP contribution in [0, 0.1) is 0 Å². The van der Waals surface area contributed by atoms with Crippen LogP contribution in [-0.4, -0.2) is 23.0 Å². The van der Waals surface area contributed by atoms with Gasteiger partial charge in [-0.2, -0.15) is 0 Å². The van der Waals surface area contributed by atoms with Crippen molar-refractivity contribution in [1.82, 2.24) is 5.32 Å². The Kier molecular flexibility index (Phi) is 5.89. The van der Waals surface area contributed by atoms with Gasteiger partial charge in [0.2, 0.25) is 0 Å². The molecule has 2 N–H and O–H groups in total. The fraction of sp³-hybridized carbons (Fsp3) is 0.0909. The van der Waals surface area contributed by atoms with Crippen LogP contribution in [-0.2, 0) is 11.2 Å². The minimum atomic E-state index is -1.08. The molecular weight excluding hydrogens is 362 g/mol. The number of halogens is 1. The van der Waals surface area contributed by atoms with Gasteiger partial charge >= 0.3 is 5.97 Å². The molecule has 0 fully saturated rings. The minimum absolute atomic E-state index is 0.180. The van der Waals surface area contributed by atoms with E-state index in [9.17, 15) is 14.7 Å². The second-order valence-electron chi connectivity index (χ2n) is 6.10. The van der Waals surface area contributed by atoms with Gasteiger partial charge in [-0.05, 0) is 41.0 Å². The molecule has 0 bridgehead atoms. The number of carboxylic acid groups (broad SMARTS) is 1. The minimum Gasteiger partial charge on any atom is -0.480 e. The summed E-state index contributed by atoms with van der Waals surface area (Å²) in [6.45, 7) is 0. The highest BCUT2D eigenvalue weighted by Crippen LogP contribution is 2.24. The lowest BCUT2D eigenvalue weighted by Crippen LogP contribution is -2.42. The number of rotatable bonds is 6. The van der Waals surface area contributed by atoms with E-state index in [0.29, 0.717) is 10.6 Å². The van der Waals surface area contributed by atoms with Crippen molar-refractivity contribution in [2.24, 2.45) is 0 Å². The van der Waals surface area contributed by atoms with Crippen LogP contribution >= 0.6 is 11.6 Å². The molecule has 5 heteroatoms. The van der Waals surface area contributed by atoms with E-state index in [4.69, 9.17) is 11.6 Å². The number of carbonyl (C=O) groups excluding carboxylic acids is 1. The third-order valence-corrected chi connectivity index (χ3v) is 4.49. The van der Waals surface area contributed by atoms with E-state index in [1.807, 2.05) is 54.6 Å². The van der Waals surface area contributed by atoms with Crippen LogP contribution in [0.1, 0.15) is 15.9 Å².